The van der Waals surface area contributed by atoms with E-state index in [1.165, 1.54) is 16.9 Å². The number of ether oxygens (including phenoxy) is 1. The third-order valence-corrected chi connectivity index (χ3v) is 5.81. The number of amides is 1. The number of anilines is 1. The molecular formula is C22H23BrN2O2S. The summed E-state index contributed by atoms with van der Waals surface area (Å²) in [5.74, 6) is 0.762. The van der Waals surface area contributed by atoms with Gasteiger partial charge in [0.15, 0.2) is 5.13 Å². The fourth-order valence-electron chi connectivity index (χ4n) is 2.79. The first kappa shape index (κ1) is 20.6. The Labute approximate surface area is 178 Å². The Morgan fingerprint density at radius 2 is 2.00 bits per heavy atom. The fraction of sp³-hybridized carbons (Fsp3) is 0.273. The van der Waals surface area contributed by atoms with Gasteiger partial charge in [-0.15, -0.1) is 11.3 Å². The summed E-state index contributed by atoms with van der Waals surface area (Å²) in [6, 6.07) is 16.1. The summed E-state index contributed by atoms with van der Waals surface area (Å²) in [6.45, 7) is 4.63. The number of benzene rings is 2. The van der Waals surface area contributed by atoms with Crippen molar-refractivity contribution in [2.24, 2.45) is 0 Å². The number of aryl methyl sites for hydroxylation is 2. The molecule has 0 unspecified atom stereocenters. The van der Waals surface area contributed by atoms with Crippen molar-refractivity contribution in [3.05, 3.63) is 63.4 Å². The highest BCUT2D eigenvalue weighted by atomic mass is 79.9. The second kappa shape index (κ2) is 9.85. The molecule has 1 aromatic heterocycles. The lowest BCUT2D eigenvalue weighted by Crippen LogP contribution is -2.12. The number of aromatic nitrogens is 1. The molecule has 1 amide bonds. The summed E-state index contributed by atoms with van der Waals surface area (Å²) in [4.78, 5) is 17.9. The van der Waals surface area contributed by atoms with Crippen LogP contribution in [0.25, 0.3) is 11.3 Å². The molecule has 0 aliphatic rings. The number of carbonyl (C=O) groups excluding carboxylic acids is 1. The third kappa shape index (κ3) is 5.42. The maximum absolute atomic E-state index is 12.2. The van der Waals surface area contributed by atoms with Crippen LogP contribution in [0.15, 0.2) is 53.0 Å². The molecule has 6 heteroatoms. The smallest absolute Gasteiger partial charge is 0.226 e. The van der Waals surface area contributed by atoms with Gasteiger partial charge in [-0.1, -0.05) is 43.3 Å². The van der Waals surface area contributed by atoms with Crippen molar-refractivity contribution in [3.8, 4) is 17.0 Å². The first-order valence-corrected chi connectivity index (χ1v) is 10.9. The first-order chi connectivity index (χ1) is 13.6. The van der Waals surface area contributed by atoms with Crippen molar-refractivity contribution < 1.29 is 9.53 Å². The monoisotopic (exact) mass is 458 g/mol. The number of hydrogen-bond acceptors (Lipinski definition) is 4. The predicted octanol–water partition coefficient (Wildman–Crippen LogP) is 6.24. The van der Waals surface area contributed by atoms with Crippen molar-refractivity contribution in [2.45, 2.75) is 33.1 Å². The SMILES string of the molecule is CCc1ccc(OCCCC(=O)Nc2nc(-c3ccccc3)c(C)s2)c(Br)c1. The molecule has 0 bridgehead atoms. The Bertz CT molecular complexity index is 941. The van der Waals surface area contributed by atoms with E-state index in [2.05, 4.69) is 45.3 Å². The van der Waals surface area contributed by atoms with E-state index in [0.717, 1.165) is 32.8 Å². The predicted molar refractivity (Wildman–Crippen MR) is 119 cm³/mol. The van der Waals surface area contributed by atoms with Crippen LogP contribution < -0.4 is 10.1 Å². The molecule has 2 aromatic carbocycles. The van der Waals surface area contributed by atoms with Gasteiger partial charge in [0.25, 0.3) is 0 Å². The zero-order chi connectivity index (χ0) is 19.9. The molecule has 1 N–H and O–H groups in total. The van der Waals surface area contributed by atoms with Crippen molar-refractivity contribution in [3.63, 3.8) is 0 Å². The van der Waals surface area contributed by atoms with E-state index in [0.29, 0.717) is 24.6 Å². The molecule has 146 valence electrons. The maximum atomic E-state index is 12.2. The molecule has 0 aliphatic carbocycles. The van der Waals surface area contributed by atoms with Crippen LogP contribution in [0, 0.1) is 6.92 Å². The van der Waals surface area contributed by atoms with Gasteiger partial charge in [-0.25, -0.2) is 4.98 Å². The van der Waals surface area contributed by atoms with Crippen LogP contribution in [-0.2, 0) is 11.2 Å². The van der Waals surface area contributed by atoms with Crippen molar-refractivity contribution in [2.75, 3.05) is 11.9 Å². The minimum atomic E-state index is -0.0441. The Morgan fingerprint density at radius 3 is 2.71 bits per heavy atom. The first-order valence-electron chi connectivity index (χ1n) is 9.30. The Hall–Kier alpha value is -2.18. The van der Waals surface area contributed by atoms with Crippen LogP contribution in [0.3, 0.4) is 0 Å². The number of halogens is 1. The van der Waals surface area contributed by atoms with E-state index >= 15 is 0 Å². The number of thiazole rings is 1. The number of carbonyl (C=O) groups is 1. The number of nitrogens with one attached hydrogen (secondary N) is 1. The summed E-state index contributed by atoms with van der Waals surface area (Å²) in [5, 5.41) is 3.54. The molecule has 3 rings (SSSR count). The second-order valence-electron chi connectivity index (χ2n) is 6.41. The highest BCUT2D eigenvalue weighted by molar-refractivity contribution is 9.10. The maximum Gasteiger partial charge on any atom is 0.226 e. The van der Waals surface area contributed by atoms with Gasteiger partial charge in [0, 0.05) is 16.9 Å². The molecule has 0 aliphatic heterocycles. The lowest BCUT2D eigenvalue weighted by atomic mass is 10.1. The Morgan fingerprint density at radius 1 is 1.21 bits per heavy atom. The van der Waals surface area contributed by atoms with Gasteiger partial charge in [-0.3, -0.25) is 4.79 Å². The van der Waals surface area contributed by atoms with Gasteiger partial charge in [-0.05, 0) is 53.4 Å². The molecule has 1 heterocycles. The highest BCUT2D eigenvalue weighted by Gasteiger charge is 2.12. The summed E-state index contributed by atoms with van der Waals surface area (Å²) >= 11 is 5.03. The Balaban J connectivity index is 1.47. The van der Waals surface area contributed by atoms with Gasteiger partial charge < -0.3 is 10.1 Å². The van der Waals surface area contributed by atoms with Gasteiger partial charge in [-0.2, -0.15) is 0 Å². The molecule has 0 fully saturated rings. The topological polar surface area (TPSA) is 51.2 Å². The molecule has 3 aromatic rings. The molecular weight excluding hydrogens is 436 g/mol. The summed E-state index contributed by atoms with van der Waals surface area (Å²) in [5.41, 5.74) is 3.24. The van der Waals surface area contributed by atoms with Crippen LogP contribution >= 0.6 is 27.3 Å². The zero-order valence-electron chi connectivity index (χ0n) is 16.0. The van der Waals surface area contributed by atoms with E-state index in [4.69, 9.17) is 4.74 Å². The number of nitrogens with zero attached hydrogens (tertiary/aromatic N) is 1. The average Bonchev–Trinajstić information content (AvgIpc) is 3.06. The zero-order valence-corrected chi connectivity index (χ0v) is 18.4. The lowest BCUT2D eigenvalue weighted by Gasteiger charge is -2.09. The van der Waals surface area contributed by atoms with E-state index in [-0.39, 0.29) is 5.91 Å². The quantitative estimate of drug-likeness (QED) is 0.406. The minimum absolute atomic E-state index is 0.0441. The van der Waals surface area contributed by atoms with Crippen molar-refractivity contribution in [1.29, 1.82) is 0 Å². The van der Waals surface area contributed by atoms with Crippen LogP contribution in [0.1, 0.15) is 30.2 Å². The van der Waals surface area contributed by atoms with Crippen molar-refractivity contribution >= 4 is 38.3 Å². The fourth-order valence-corrected chi connectivity index (χ4v) is 4.18. The van der Waals surface area contributed by atoms with Crippen LogP contribution in [-0.4, -0.2) is 17.5 Å². The summed E-state index contributed by atoms with van der Waals surface area (Å²) in [7, 11) is 0. The molecule has 28 heavy (non-hydrogen) atoms. The largest absolute Gasteiger partial charge is 0.492 e. The molecule has 0 saturated heterocycles. The van der Waals surface area contributed by atoms with E-state index in [1.54, 1.807) is 0 Å². The molecule has 4 nitrogen and oxygen atoms in total. The van der Waals surface area contributed by atoms with Crippen LogP contribution in [0.5, 0.6) is 5.75 Å². The molecule has 0 saturated carbocycles. The van der Waals surface area contributed by atoms with Crippen LogP contribution in [0.2, 0.25) is 0 Å². The summed E-state index contributed by atoms with van der Waals surface area (Å²) < 4.78 is 6.73. The van der Waals surface area contributed by atoms with E-state index in [1.807, 2.05) is 43.3 Å². The number of hydrogen-bond donors (Lipinski definition) is 1. The molecule has 0 spiro atoms. The van der Waals surface area contributed by atoms with Gasteiger partial charge >= 0.3 is 0 Å². The van der Waals surface area contributed by atoms with Crippen LogP contribution in [0.4, 0.5) is 5.13 Å². The highest BCUT2D eigenvalue weighted by Crippen LogP contribution is 2.30. The van der Waals surface area contributed by atoms with E-state index in [9.17, 15) is 4.79 Å². The second-order valence-corrected chi connectivity index (χ2v) is 8.47. The molecule has 0 radical (unpaired) electrons. The van der Waals surface area contributed by atoms with Gasteiger partial charge in [0.1, 0.15) is 5.75 Å². The summed E-state index contributed by atoms with van der Waals surface area (Å²) in [6.07, 6.45) is 2.02. The normalized spacial score (nSPS) is 10.7. The average molecular weight is 459 g/mol. The van der Waals surface area contributed by atoms with Gasteiger partial charge in [0.05, 0.1) is 16.8 Å². The van der Waals surface area contributed by atoms with E-state index < -0.39 is 0 Å². The third-order valence-electron chi connectivity index (χ3n) is 4.30. The Kier molecular flexibility index (Phi) is 7.23. The molecule has 0 atom stereocenters. The van der Waals surface area contributed by atoms with Crippen molar-refractivity contribution in [1.82, 2.24) is 4.98 Å². The number of rotatable bonds is 8. The minimum Gasteiger partial charge on any atom is -0.492 e. The lowest BCUT2D eigenvalue weighted by molar-refractivity contribution is -0.116. The van der Waals surface area contributed by atoms with Gasteiger partial charge in [0.2, 0.25) is 5.91 Å². The standard InChI is InChI=1S/C22H23BrN2O2S/c1-3-16-11-12-19(18(23)14-16)27-13-7-10-20(26)24-22-25-21(15(2)28-22)17-8-5-4-6-9-17/h4-6,8-9,11-12,14H,3,7,10,13H2,1-2H3,(H,24,25,26).